The molecule has 10 heteroatoms. The molecule has 0 bridgehead atoms. The molecule has 232 valence electrons. The second kappa shape index (κ2) is 13.8. The number of para-hydroxylation sites is 1. The number of allylic oxidation sites excluding steroid dienone is 1. The van der Waals surface area contributed by atoms with Gasteiger partial charge >= 0.3 is 0 Å². The van der Waals surface area contributed by atoms with Crippen LogP contribution in [0.15, 0.2) is 40.8 Å². The summed E-state index contributed by atoms with van der Waals surface area (Å²) in [6.45, 7) is 16.6. The van der Waals surface area contributed by atoms with Crippen molar-refractivity contribution in [2.45, 2.75) is 121 Å². The van der Waals surface area contributed by atoms with E-state index < -0.39 is 29.0 Å². The normalized spacial score (nSPS) is 25.1. The molecule has 1 saturated carbocycles. The molecule has 0 saturated heterocycles. The van der Waals surface area contributed by atoms with Gasteiger partial charge in [-0.25, -0.2) is 13.1 Å². The predicted octanol–water partition coefficient (Wildman–Crippen LogP) is 7.35. The summed E-state index contributed by atoms with van der Waals surface area (Å²) in [6.07, 6.45) is 8.43. The lowest BCUT2D eigenvalue weighted by Gasteiger charge is -2.55. The fourth-order valence-corrected chi connectivity index (χ4v) is 15.2. The highest BCUT2D eigenvalue weighted by Gasteiger charge is 2.57. The number of nitro groups is 1. The summed E-state index contributed by atoms with van der Waals surface area (Å²) < 4.78 is 36.4. The monoisotopic (exact) mass is 608 g/mol. The molecule has 0 heterocycles. The van der Waals surface area contributed by atoms with E-state index in [0.29, 0.717) is 41.3 Å². The van der Waals surface area contributed by atoms with Crippen LogP contribution < -0.4 is 4.72 Å². The van der Waals surface area contributed by atoms with Crippen LogP contribution in [0.25, 0.3) is 0 Å². The molecule has 0 aliphatic heterocycles. The van der Waals surface area contributed by atoms with E-state index in [1.807, 2.05) is 0 Å². The first-order valence-corrected chi connectivity index (χ1v) is 19.1. The zero-order valence-electron chi connectivity index (χ0n) is 26.1. The van der Waals surface area contributed by atoms with Crippen molar-refractivity contribution in [3.05, 3.63) is 46.0 Å². The van der Waals surface area contributed by atoms with E-state index in [9.17, 15) is 23.6 Å². The molecule has 2 aliphatic rings. The minimum atomic E-state index is -4.04. The van der Waals surface area contributed by atoms with Crippen LogP contribution in [0.2, 0.25) is 16.6 Å². The van der Waals surface area contributed by atoms with E-state index in [1.54, 1.807) is 0 Å². The Morgan fingerprint density at radius 2 is 1.73 bits per heavy atom. The quantitative estimate of drug-likeness (QED) is 0.0706. The van der Waals surface area contributed by atoms with Crippen LogP contribution in [-0.4, -0.2) is 46.0 Å². The molecule has 41 heavy (non-hydrogen) atoms. The number of benzene rings is 1. The molecule has 0 unspecified atom stereocenters. The zero-order chi connectivity index (χ0) is 30.6. The van der Waals surface area contributed by atoms with Gasteiger partial charge in [-0.3, -0.25) is 10.1 Å². The fourth-order valence-electron chi connectivity index (χ4n) is 8.32. The van der Waals surface area contributed by atoms with Crippen molar-refractivity contribution in [2.24, 2.45) is 17.3 Å². The first kappa shape index (κ1) is 33.9. The fraction of sp³-hybridized carbons (Fsp3) is 0.742. The van der Waals surface area contributed by atoms with E-state index >= 15 is 0 Å². The molecule has 4 atom stereocenters. The number of rotatable bonds is 15. The van der Waals surface area contributed by atoms with E-state index in [2.05, 4.69) is 59.3 Å². The third kappa shape index (κ3) is 6.82. The van der Waals surface area contributed by atoms with E-state index in [-0.39, 0.29) is 29.6 Å². The highest BCUT2D eigenvalue weighted by atomic mass is 32.2. The van der Waals surface area contributed by atoms with Crippen LogP contribution in [0.1, 0.15) is 93.4 Å². The highest BCUT2D eigenvalue weighted by Crippen LogP contribution is 2.60. The standard InChI is InChI=1S/C31H52N2O6SSi/c1-22(2)41(23(3)4,24(5)6)39-30-21-25(7)20-27-16-15-26(12-10-19-34)31(27,30)17-11-18-32-40(37,38)29-14-9-8-13-28(29)33(35)36/h8-9,13-15,22-25,27,30,32,34H,10-12,16-21H2,1-7H3/t25-,27+,30+,31-/m1/s1. The van der Waals surface area contributed by atoms with Crippen molar-refractivity contribution in [3.8, 4) is 0 Å². The van der Waals surface area contributed by atoms with Gasteiger partial charge in [-0.1, -0.05) is 72.2 Å². The zero-order valence-corrected chi connectivity index (χ0v) is 27.9. The molecular weight excluding hydrogens is 557 g/mol. The van der Waals surface area contributed by atoms with Crippen molar-refractivity contribution in [3.63, 3.8) is 0 Å². The number of nitro benzene ring substituents is 1. The number of sulfonamides is 1. The molecule has 2 aliphatic carbocycles. The number of aliphatic hydroxyl groups excluding tert-OH is 1. The van der Waals surface area contributed by atoms with Crippen LogP contribution in [0.4, 0.5) is 5.69 Å². The van der Waals surface area contributed by atoms with Crippen molar-refractivity contribution in [1.29, 1.82) is 0 Å². The number of hydrogen-bond acceptors (Lipinski definition) is 6. The van der Waals surface area contributed by atoms with Crippen molar-refractivity contribution < 1.29 is 22.9 Å². The van der Waals surface area contributed by atoms with Crippen molar-refractivity contribution in [2.75, 3.05) is 13.2 Å². The summed E-state index contributed by atoms with van der Waals surface area (Å²) in [4.78, 5) is 10.5. The second-order valence-electron chi connectivity index (χ2n) is 13.3. The predicted molar refractivity (Wildman–Crippen MR) is 167 cm³/mol. The molecule has 1 aromatic carbocycles. The Morgan fingerprint density at radius 1 is 1.10 bits per heavy atom. The van der Waals surface area contributed by atoms with Crippen LogP contribution in [0, 0.1) is 27.4 Å². The first-order chi connectivity index (χ1) is 19.2. The van der Waals surface area contributed by atoms with Crippen LogP contribution in [0.5, 0.6) is 0 Å². The van der Waals surface area contributed by atoms with Gasteiger partial charge < -0.3 is 9.53 Å². The van der Waals surface area contributed by atoms with E-state index in [1.165, 1.54) is 29.8 Å². The Hall–Kier alpha value is -1.59. The molecule has 0 spiro atoms. The SMILES string of the molecule is CC(C)[Si](O[C@H]1C[C@H](C)C[C@@H]2CC=C(CCCO)[C@]21CCCNS(=O)(=O)c1ccccc1[N+](=O)[O-])(C(C)C)C(C)C. The van der Waals surface area contributed by atoms with Gasteiger partial charge in [-0.05, 0) is 79.5 Å². The summed E-state index contributed by atoms with van der Waals surface area (Å²) in [5.41, 5.74) is 2.12. The van der Waals surface area contributed by atoms with Gasteiger partial charge in [0.15, 0.2) is 4.90 Å². The largest absolute Gasteiger partial charge is 0.412 e. The van der Waals surface area contributed by atoms with Gasteiger partial charge in [-0.2, -0.15) is 0 Å². The maximum absolute atomic E-state index is 13.1. The molecule has 0 radical (unpaired) electrons. The van der Waals surface area contributed by atoms with Crippen LogP contribution in [-0.2, 0) is 14.4 Å². The van der Waals surface area contributed by atoms with Gasteiger partial charge in [0.05, 0.1) is 11.0 Å². The number of hydrogen-bond donors (Lipinski definition) is 2. The number of aliphatic hydroxyl groups is 1. The van der Waals surface area contributed by atoms with Gasteiger partial charge in [0.25, 0.3) is 5.69 Å². The molecule has 0 amide bonds. The number of nitrogens with one attached hydrogen (secondary N) is 1. The minimum absolute atomic E-state index is 0.0503. The molecule has 8 nitrogen and oxygen atoms in total. The van der Waals surface area contributed by atoms with Gasteiger partial charge in [0.2, 0.25) is 18.3 Å². The Balaban J connectivity index is 1.93. The second-order valence-corrected chi connectivity index (χ2v) is 20.4. The average molecular weight is 609 g/mol. The maximum atomic E-state index is 13.1. The maximum Gasteiger partial charge on any atom is 0.289 e. The lowest BCUT2D eigenvalue weighted by Crippen LogP contribution is -2.57. The van der Waals surface area contributed by atoms with Crippen LogP contribution >= 0.6 is 0 Å². The summed E-state index contributed by atoms with van der Waals surface area (Å²) >= 11 is 0. The minimum Gasteiger partial charge on any atom is -0.412 e. The third-order valence-corrected chi connectivity index (χ3v) is 17.5. The van der Waals surface area contributed by atoms with Crippen molar-refractivity contribution in [1.82, 2.24) is 4.72 Å². The smallest absolute Gasteiger partial charge is 0.289 e. The summed E-state index contributed by atoms with van der Waals surface area (Å²) in [5, 5.41) is 21.2. The molecule has 1 aromatic rings. The molecule has 2 N–H and O–H groups in total. The van der Waals surface area contributed by atoms with E-state index in [4.69, 9.17) is 4.43 Å². The van der Waals surface area contributed by atoms with Gasteiger partial charge in [-0.15, -0.1) is 0 Å². The Labute approximate surface area is 248 Å². The van der Waals surface area contributed by atoms with Crippen LogP contribution in [0.3, 0.4) is 0 Å². The Bertz CT molecular complexity index is 1160. The van der Waals surface area contributed by atoms with Gasteiger partial charge in [0, 0.05) is 24.6 Å². The first-order valence-electron chi connectivity index (χ1n) is 15.4. The molecule has 1 fully saturated rings. The topological polar surface area (TPSA) is 119 Å². The lowest BCUT2D eigenvalue weighted by molar-refractivity contribution is -0.387. The molecule has 3 rings (SSSR count). The average Bonchev–Trinajstić information content (AvgIpc) is 3.25. The third-order valence-electron chi connectivity index (χ3n) is 9.92. The van der Waals surface area contributed by atoms with Crippen molar-refractivity contribution >= 4 is 24.0 Å². The summed E-state index contributed by atoms with van der Waals surface area (Å²) in [5.74, 6) is 0.967. The molecular formula is C31H52N2O6SSi. The lowest BCUT2D eigenvalue weighted by atomic mass is 9.58. The summed E-state index contributed by atoms with van der Waals surface area (Å²) in [6, 6.07) is 5.47. The Morgan fingerprint density at radius 3 is 2.32 bits per heavy atom. The number of nitrogens with zero attached hydrogens (tertiary/aromatic N) is 1. The number of fused-ring (bicyclic) bond motifs is 1. The highest BCUT2D eigenvalue weighted by molar-refractivity contribution is 7.89. The van der Waals surface area contributed by atoms with E-state index in [0.717, 1.165) is 32.1 Å². The Kier molecular flexibility index (Phi) is 11.4. The van der Waals surface area contributed by atoms with Gasteiger partial charge in [0.1, 0.15) is 0 Å². The molecule has 0 aromatic heterocycles. The summed E-state index contributed by atoms with van der Waals surface area (Å²) in [7, 11) is -6.24.